The Morgan fingerprint density at radius 1 is 1.00 bits per heavy atom. The molecule has 29 heavy (non-hydrogen) atoms. The molecule has 6 heteroatoms. The van der Waals surface area contributed by atoms with Crippen molar-refractivity contribution < 1.29 is 23.8 Å². The number of ether oxygens (including phenoxy) is 3. The highest BCUT2D eigenvalue weighted by atomic mass is 16.6. The fraction of sp³-hybridized carbons (Fsp3) is 0.217. The number of benzene rings is 3. The van der Waals surface area contributed by atoms with Crippen molar-refractivity contribution in [3.05, 3.63) is 66.2 Å². The van der Waals surface area contributed by atoms with E-state index in [0.717, 1.165) is 16.3 Å². The number of carbonyl (C=O) groups excluding carboxylic acids is 2. The molecular formula is C23H21NO5. The van der Waals surface area contributed by atoms with Crippen LogP contribution in [0.3, 0.4) is 0 Å². The Labute approximate surface area is 168 Å². The molecule has 6 nitrogen and oxygen atoms in total. The molecule has 0 aromatic heterocycles. The van der Waals surface area contributed by atoms with Gasteiger partial charge in [-0.1, -0.05) is 42.5 Å². The van der Waals surface area contributed by atoms with Gasteiger partial charge in [-0.15, -0.1) is 0 Å². The predicted molar refractivity (Wildman–Crippen MR) is 109 cm³/mol. The minimum absolute atomic E-state index is 0.100. The van der Waals surface area contributed by atoms with E-state index in [4.69, 9.17) is 14.2 Å². The Morgan fingerprint density at radius 2 is 1.76 bits per heavy atom. The highest BCUT2D eigenvalue weighted by Crippen LogP contribution is 2.32. The molecule has 1 aliphatic heterocycles. The van der Waals surface area contributed by atoms with Crippen LogP contribution in [0.4, 0.5) is 5.69 Å². The second-order valence-electron chi connectivity index (χ2n) is 6.79. The van der Waals surface area contributed by atoms with Crippen LogP contribution in [0.1, 0.15) is 12.5 Å². The van der Waals surface area contributed by atoms with Crippen LogP contribution in [0.2, 0.25) is 0 Å². The molecule has 0 spiro atoms. The van der Waals surface area contributed by atoms with E-state index >= 15 is 0 Å². The normalized spacial score (nSPS) is 13.6. The van der Waals surface area contributed by atoms with Crippen LogP contribution in [0, 0.1) is 0 Å². The maximum atomic E-state index is 12.4. The van der Waals surface area contributed by atoms with E-state index in [-0.39, 0.29) is 6.42 Å². The van der Waals surface area contributed by atoms with Crippen molar-refractivity contribution in [2.75, 3.05) is 18.5 Å². The molecule has 3 aromatic rings. The minimum Gasteiger partial charge on any atom is -0.486 e. The zero-order valence-electron chi connectivity index (χ0n) is 16.0. The molecule has 0 saturated carbocycles. The van der Waals surface area contributed by atoms with E-state index in [1.54, 1.807) is 25.1 Å². The van der Waals surface area contributed by atoms with E-state index in [1.165, 1.54) is 0 Å². The third kappa shape index (κ3) is 4.32. The van der Waals surface area contributed by atoms with Crippen molar-refractivity contribution in [1.29, 1.82) is 0 Å². The van der Waals surface area contributed by atoms with Crippen molar-refractivity contribution in [3.8, 4) is 11.5 Å². The van der Waals surface area contributed by atoms with Gasteiger partial charge in [0.25, 0.3) is 5.91 Å². The Kier molecular flexibility index (Phi) is 5.33. The lowest BCUT2D eigenvalue weighted by molar-refractivity contribution is -0.152. The van der Waals surface area contributed by atoms with Gasteiger partial charge in [0, 0.05) is 11.8 Å². The van der Waals surface area contributed by atoms with Crippen LogP contribution in [-0.2, 0) is 20.7 Å². The molecule has 1 atom stereocenters. The van der Waals surface area contributed by atoms with Gasteiger partial charge in [-0.05, 0) is 35.4 Å². The van der Waals surface area contributed by atoms with Crippen LogP contribution in [-0.4, -0.2) is 31.2 Å². The average Bonchev–Trinajstić information content (AvgIpc) is 2.74. The number of nitrogens with one attached hydrogen (secondary N) is 1. The van der Waals surface area contributed by atoms with Crippen molar-refractivity contribution in [3.63, 3.8) is 0 Å². The Morgan fingerprint density at radius 3 is 2.62 bits per heavy atom. The number of fused-ring (bicyclic) bond motifs is 2. The fourth-order valence-electron chi connectivity index (χ4n) is 3.26. The van der Waals surface area contributed by atoms with Gasteiger partial charge in [0.05, 0.1) is 6.42 Å². The van der Waals surface area contributed by atoms with Crippen molar-refractivity contribution in [1.82, 2.24) is 0 Å². The van der Waals surface area contributed by atoms with Crippen LogP contribution in [0.5, 0.6) is 11.5 Å². The van der Waals surface area contributed by atoms with Crippen LogP contribution < -0.4 is 14.8 Å². The van der Waals surface area contributed by atoms with Gasteiger partial charge in [0.2, 0.25) is 0 Å². The first-order valence-corrected chi connectivity index (χ1v) is 9.47. The smallest absolute Gasteiger partial charge is 0.311 e. The van der Waals surface area contributed by atoms with Crippen LogP contribution in [0.25, 0.3) is 10.8 Å². The summed E-state index contributed by atoms with van der Waals surface area (Å²) in [6.07, 6.45) is -0.825. The van der Waals surface area contributed by atoms with E-state index in [1.807, 2.05) is 42.5 Å². The number of rotatable bonds is 5. The zero-order valence-corrected chi connectivity index (χ0v) is 16.0. The van der Waals surface area contributed by atoms with Crippen molar-refractivity contribution in [2.45, 2.75) is 19.4 Å². The van der Waals surface area contributed by atoms with E-state index < -0.39 is 18.0 Å². The number of carbonyl (C=O) groups is 2. The summed E-state index contributed by atoms with van der Waals surface area (Å²) < 4.78 is 16.3. The van der Waals surface area contributed by atoms with Gasteiger partial charge in [-0.2, -0.15) is 0 Å². The third-order valence-corrected chi connectivity index (χ3v) is 4.70. The van der Waals surface area contributed by atoms with Crippen molar-refractivity contribution in [2.24, 2.45) is 0 Å². The molecule has 0 bridgehead atoms. The van der Waals surface area contributed by atoms with Gasteiger partial charge >= 0.3 is 5.97 Å². The molecule has 0 radical (unpaired) electrons. The molecule has 1 aliphatic rings. The van der Waals surface area contributed by atoms with E-state index in [2.05, 4.69) is 5.32 Å². The average molecular weight is 391 g/mol. The van der Waals surface area contributed by atoms with Gasteiger partial charge in [0.15, 0.2) is 17.6 Å². The zero-order chi connectivity index (χ0) is 20.2. The molecule has 3 aromatic carbocycles. The second kappa shape index (κ2) is 8.22. The minimum atomic E-state index is -0.925. The van der Waals surface area contributed by atoms with Gasteiger partial charge in [-0.25, -0.2) is 0 Å². The van der Waals surface area contributed by atoms with E-state index in [9.17, 15) is 9.59 Å². The van der Waals surface area contributed by atoms with Gasteiger partial charge in [0.1, 0.15) is 13.2 Å². The monoisotopic (exact) mass is 391 g/mol. The molecule has 148 valence electrons. The lowest BCUT2D eigenvalue weighted by atomic mass is 10.0. The Hall–Kier alpha value is -3.54. The number of hydrogen-bond acceptors (Lipinski definition) is 5. The SMILES string of the molecule is CC(OC(=O)Cc1cccc2ccccc12)C(=O)Nc1ccc2c(c1)OCCO2. The number of hydrogen-bond donors (Lipinski definition) is 1. The summed E-state index contributed by atoms with van der Waals surface area (Å²) in [5, 5.41) is 4.80. The molecule has 1 heterocycles. The van der Waals surface area contributed by atoms with Crippen molar-refractivity contribution >= 4 is 28.3 Å². The first-order valence-electron chi connectivity index (χ1n) is 9.47. The predicted octanol–water partition coefficient (Wildman–Crippen LogP) is 3.72. The summed E-state index contributed by atoms with van der Waals surface area (Å²) in [5.74, 6) is 0.359. The quantitative estimate of drug-likeness (QED) is 0.671. The second-order valence-corrected chi connectivity index (χ2v) is 6.79. The Balaban J connectivity index is 1.37. The van der Waals surface area contributed by atoms with Gasteiger partial charge in [-0.3, -0.25) is 9.59 Å². The summed E-state index contributed by atoms with van der Waals surface area (Å²) >= 11 is 0. The molecular weight excluding hydrogens is 370 g/mol. The van der Waals surface area contributed by atoms with Crippen LogP contribution >= 0.6 is 0 Å². The first kappa shape index (κ1) is 18.8. The summed E-state index contributed by atoms with van der Waals surface area (Å²) in [6, 6.07) is 18.8. The topological polar surface area (TPSA) is 73.9 Å². The molecule has 4 rings (SSSR count). The summed E-state index contributed by atoms with van der Waals surface area (Å²) in [4.78, 5) is 24.8. The highest BCUT2D eigenvalue weighted by Gasteiger charge is 2.20. The molecule has 1 unspecified atom stereocenters. The largest absolute Gasteiger partial charge is 0.486 e. The van der Waals surface area contributed by atoms with Gasteiger partial charge < -0.3 is 19.5 Å². The summed E-state index contributed by atoms with van der Waals surface area (Å²) in [7, 11) is 0. The lowest BCUT2D eigenvalue weighted by Gasteiger charge is -2.19. The fourth-order valence-corrected chi connectivity index (χ4v) is 3.26. The van der Waals surface area contributed by atoms with Crippen LogP contribution in [0.15, 0.2) is 60.7 Å². The maximum Gasteiger partial charge on any atom is 0.311 e. The molecule has 1 N–H and O–H groups in total. The summed E-state index contributed by atoms with van der Waals surface area (Å²) in [5.41, 5.74) is 1.42. The number of anilines is 1. The maximum absolute atomic E-state index is 12.4. The molecule has 0 fully saturated rings. The number of amides is 1. The Bertz CT molecular complexity index is 1060. The third-order valence-electron chi connectivity index (χ3n) is 4.70. The molecule has 0 aliphatic carbocycles. The number of esters is 1. The van der Waals surface area contributed by atoms with E-state index in [0.29, 0.717) is 30.4 Å². The lowest BCUT2D eigenvalue weighted by Crippen LogP contribution is -2.30. The first-order chi connectivity index (χ1) is 14.1. The molecule has 1 amide bonds. The summed E-state index contributed by atoms with van der Waals surface area (Å²) in [6.45, 7) is 2.52. The standard InChI is InChI=1S/C23H21NO5/c1-15(23(26)24-18-9-10-20-21(14-18)28-12-11-27-20)29-22(25)13-17-7-4-6-16-5-2-3-8-19(16)17/h2-10,14-15H,11-13H2,1H3,(H,24,26). The molecule has 0 saturated heterocycles. The highest BCUT2D eigenvalue weighted by molar-refractivity contribution is 5.96.